The lowest BCUT2D eigenvalue weighted by Crippen LogP contribution is -2.17. The molecule has 1 amide bonds. The van der Waals surface area contributed by atoms with Crippen molar-refractivity contribution in [2.24, 2.45) is 5.73 Å². The lowest BCUT2D eigenvalue weighted by Gasteiger charge is -2.01. The van der Waals surface area contributed by atoms with Gasteiger partial charge in [0.15, 0.2) is 5.16 Å². The maximum Gasteiger partial charge on any atom is 0.343 e. The predicted molar refractivity (Wildman–Crippen MR) is 57.7 cm³/mol. The average molecular weight is 230 g/mol. The van der Waals surface area contributed by atoms with E-state index in [0.29, 0.717) is 17.5 Å². The third kappa shape index (κ3) is 3.43. The van der Waals surface area contributed by atoms with Gasteiger partial charge in [0.05, 0.1) is 0 Å². The molecule has 84 valence electrons. The molecule has 0 fully saturated rings. The summed E-state index contributed by atoms with van der Waals surface area (Å²) in [5, 5.41) is 6.86. The van der Waals surface area contributed by atoms with E-state index in [0.717, 1.165) is 6.42 Å². The maximum absolute atomic E-state index is 11.3. The first-order valence-corrected chi connectivity index (χ1v) is 5.70. The lowest BCUT2D eigenvalue weighted by molar-refractivity contribution is -0.117. The number of nitrogens with two attached hydrogens (primary N) is 1. The Morgan fingerprint density at radius 3 is 3.00 bits per heavy atom. The molecule has 0 atom stereocenters. The number of amides is 1. The Labute approximate surface area is 91.2 Å². The van der Waals surface area contributed by atoms with Gasteiger partial charge in [-0.05, 0) is 6.42 Å². The first-order chi connectivity index (χ1) is 7.15. The van der Waals surface area contributed by atoms with Gasteiger partial charge in [0.25, 0.3) is 0 Å². The van der Waals surface area contributed by atoms with E-state index in [1.807, 2.05) is 6.92 Å². The van der Waals surface area contributed by atoms with Crippen LogP contribution in [0.5, 0.6) is 0 Å². The topological polar surface area (TPSA) is 93.8 Å². The number of H-pyrrole nitrogens is 1. The van der Waals surface area contributed by atoms with E-state index >= 15 is 0 Å². The number of aromatic nitrogens is 3. The summed E-state index contributed by atoms with van der Waals surface area (Å²) in [7, 11) is 0. The normalized spacial score (nSPS) is 10.5. The van der Waals surface area contributed by atoms with E-state index < -0.39 is 0 Å². The molecule has 0 saturated heterocycles. The standard InChI is InChI=1S/C8H14N4O2S/c1-2-4-12-7(14)10-11-8(12)15-5-3-6(9)13/h2-5H2,1H3,(H2,9,13)(H,10,14). The van der Waals surface area contributed by atoms with Gasteiger partial charge in [-0.15, -0.1) is 5.10 Å². The van der Waals surface area contributed by atoms with E-state index in [1.165, 1.54) is 11.8 Å². The smallest absolute Gasteiger partial charge is 0.343 e. The van der Waals surface area contributed by atoms with Gasteiger partial charge in [-0.25, -0.2) is 9.89 Å². The van der Waals surface area contributed by atoms with Crippen LogP contribution in [0.15, 0.2) is 9.95 Å². The van der Waals surface area contributed by atoms with Crippen LogP contribution in [0, 0.1) is 0 Å². The quantitative estimate of drug-likeness (QED) is 0.670. The summed E-state index contributed by atoms with van der Waals surface area (Å²) in [6, 6.07) is 0. The van der Waals surface area contributed by atoms with E-state index in [2.05, 4.69) is 10.2 Å². The Kier molecular flexibility index (Phi) is 4.41. The average Bonchev–Trinajstić information content (AvgIpc) is 2.50. The fourth-order valence-corrected chi connectivity index (χ4v) is 2.00. The van der Waals surface area contributed by atoms with Crippen molar-refractivity contribution in [3.8, 4) is 0 Å². The molecule has 1 aromatic rings. The highest BCUT2D eigenvalue weighted by Gasteiger charge is 2.07. The van der Waals surface area contributed by atoms with Gasteiger partial charge in [0.1, 0.15) is 0 Å². The van der Waals surface area contributed by atoms with Crippen LogP contribution in [-0.4, -0.2) is 26.4 Å². The van der Waals surface area contributed by atoms with Crippen LogP contribution < -0.4 is 11.4 Å². The number of primary amides is 1. The van der Waals surface area contributed by atoms with Crippen LogP contribution in [0.25, 0.3) is 0 Å². The summed E-state index contributed by atoms with van der Waals surface area (Å²) < 4.78 is 1.56. The van der Waals surface area contributed by atoms with Gasteiger partial charge < -0.3 is 5.73 Å². The zero-order valence-corrected chi connectivity index (χ0v) is 9.34. The molecule has 0 aliphatic heterocycles. The van der Waals surface area contributed by atoms with Crippen LogP contribution in [0.4, 0.5) is 0 Å². The highest BCUT2D eigenvalue weighted by Crippen LogP contribution is 2.13. The molecule has 3 N–H and O–H groups in total. The van der Waals surface area contributed by atoms with Crippen LogP contribution in [0.1, 0.15) is 19.8 Å². The predicted octanol–water partition coefficient (Wildman–Crippen LogP) is -0.0511. The molecule has 0 unspecified atom stereocenters. The Balaban J connectivity index is 2.60. The molecule has 0 spiro atoms. The van der Waals surface area contributed by atoms with Crippen molar-refractivity contribution in [2.75, 3.05) is 5.75 Å². The van der Waals surface area contributed by atoms with E-state index in [4.69, 9.17) is 5.73 Å². The van der Waals surface area contributed by atoms with Crippen molar-refractivity contribution in [3.05, 3.63) is 10.5 Å². The number of nitrogens with one attached hydrogen (secondary N) is 1. The van der Waals surface area contributed by atoms with Gasteiger partial charge in [0, 0.05) is 18.7 Å². The Hall–Kier alpha value is -1.24. The molecular formula is C8H14N4O2S. The van der Waals surface area contributed by atoms with Crippen molar-refractivity contribution in [2.45, 2.75) is 31.5 Å². The molecule has 0 aliphatic carbocycles. The van der Waals surface area contributed by atoms with Crippen LogP contribution in [0.2, 0.25) is 0 Å². The van der Waals surface area contributed by atoms with Crippen molar-refractivity contribution in [1.82, 2.24) is 14.8 Å². The molecular weight excluding hydrogens is 216 g/mol. The summed E-state index contributed by atoms with van der Waals surface area (Å²) in [6.45, 7) is 2.62. The number of aromatic amines is 1. The Morgan fingerprint density at radius 2 is 2.40 bits per heavy atom. The fourth-order valence-electron chi connectivity index (χ4n) is 1.08. The molecule has 1 aromatic heterocycles. The minimum Gasteiger partial charge on any atom is -0.370 e. The van der Waals surface area contributed by atoms with Crippen molar-refractivity contribution < 1.29 is 4.79 Å². The number of thioether (sulfide) groups is 1. The molecule has 0 aliphatic rings. The summed E-state index contributed by atoms with van der Waals surface area (Å²) >= 11 is 1.36. The number of nitrogens with zero attached hydrogens (tertiary/aromatic N) is 2. The number of carbonyl (C=O) groups excluding carboxylic acids is 1. The number of hydrogen-bond donors (Lipinski definition) is 2. The van der Waals surface area contributed by atoms with Gasteiger partial charge in [-0.1, -0.05) is 18.7 Å². The third-order valence-electron chi connectivity index (χ3n) is 1.75. The highest BCUT2D eigenvalue weighted by molar-refractivity contribution is 7.99. The number of carbonyl (C=O) groups is 1. The van der Waals surface area contributed by atoms with Crippen molar-refractivity contribution in [3.63, 3.8) is 0 Å². The number of hydrogen-bond acceptors (Lipinski definition) is 4. The molecule has 1 heterocycles. The molecule has 0 radical (unpaired) electrons. The minimum absolute atomic E-state index is 0.210. The number of rotatable bonds is 6. The van der Waals surface area contributed by atoms with Crippen molar-refractivity contribution in [1.29, 1.82) is 0 Å². The first kappa shape index (κ1) is 11.8. The molecule has 6 nitrogen and oxygen atoms in total. The van der Waals surface area contributed by atoms with E-state index in [1.54, 1.807) is 4.57 Å². The second-order valence-corrected chi connectivity index (χ2v) is 4.09. The summed E-state index contributed by atoms with van der Waals surface area (Å²) in [4.78, 5) is 21.8. The Morgan fingerprint density at radius 1 is 1.67 bits per heavy atom. The largest absolute Gasteiger partial charge is 0.370 e. The monoisotopic (exact) mass is 230 g/mol. The lowest BCUT2D eigenvalue weighted by atomic mass is 10.5. The molecule has 1 rings (SSSR count). The second-order valence-electron chi connectivity index (χ2n) is 3.03. The zero-order chi connectivity index (χ0) is 11.3. The molecule has 0 bridgehead atoms. The summed E-state index contributed by atoms with van der Waals surface area (Å²) in [6.07, 6.45) is 1.15. The van der Waals surface area contributed by atoms with Crippen molar-refractivity contribution >= 4 is 17.7 Å². The maximum atomic E-state index is 11.3. The fraction of sp³-hybridized carbons (Fsp3) is 0.625. The first-order valence-electron chi connectivity index (χ1n) is 4.71. The van der Waals surface area contributed by atoms with Gasteiger partial charge in [-0.3, -0.25) is 9.36 Å². The molecule has 0 aromatic carbocycles. The van der Waals surface area contributed by atoms with Crippen LogP contribution in [-0.2, 0) is 11.3 Å². The summed E-state index contributed by atoms with van der Waals surface area (Å²) in [5.41, 5.74) is 4.80. The van der Waals surface area contributed by atoms with Gasteiger partial charge >= 0.3 is 5.69 Å². The molecule has 0 saturated carbocycles. The molecule has 7 heteroatoms. The summed E-state index contributed by atoms with van der Waals surface area (Å²) in [5.74, 6) is 0.200. The van der Waals surface area contributed by atoms with E-state index in [-0.39, 0.29) is 18.0 Å². The highest BCUT2D eigenvalue weighted by atomic mass is 32.2. The van der Waals surface area contributed by atoms with Crippen LogP contribution in [0.3, 0.4) is 0 Å². The van der Waals surface area contributed by atoms with Gasteiger partial charge in [-0.2, -0.15) is 0 Å². The van der Waals surface area contributed by atoms with E-state index in [9.17, 15) is 9.59 Å². The SMILES string of the molecule is CCCn1c(SCCC(N)=O)n[nH]c1=O. The second kappa shape index (κ2) is 5.59. The zero-order valence-electron chi connectivity index (χ0n) is 8.52. The molecule has 15 heavy (non-hydrogen) atoms. The van der Waals surface area contributed by atoms with Gasteiger partial charge in [0.2, 0.25) is 5.91 Å². The third-order valence-corrected chi connectivity index (χ3v) is 2.73. The Bertz CT molecular complexity index is 384. The minimum atomic E-state index is -0.345. The van der Waals surface area contributed by atoms with Crippen LogP contribution >= 0.6 is 11.8 Å².